The zero-order valence-corrected chi connectivity index (χ0v) is 15.9. The van der Waals surface area contributed by atoms with E-state index >= 15 is 0 Å². The lowest BCUT2D eigenvalue weighted by Crippen LogP contribution is -2.31. The number of rotatable bonds is 7. The van der Waals surface area contributed by atoms with E-state index < -0.39 is 0 Å². The number of ether oxygens (including phenoxy) is 1. The molecule has 9 nitrogen and oxygen atoms in total. The van der Waals surface area contributed by atoms with Crippen LogP contribution in [0.4, 0.5) is 11.5 Å². The molecule has 29 heavy (non-hydrogen) atoms. The standard InChI is InChI=1S/C20H23N7O2/c21-17-18(24-13-25-19(17)27-8-3-7-26-27)22-11-14-4-1-5-15(10-14)20(28)23-12-16-6-2-9-29-16/h1,3-5,7-8,10,13,16H,2,6,9,11-12,21H2,(H,23,28)(H,22,24,25). The fraction of sp³-hybridized carbons (Fsp3) is 0.300. The number of nitrogen functional groups attached to an aromatic ring is 1. The molecular weight excluding hydrogens is 370 g/mol. The molecule has 0 aliphatic carbocycles. The normalized spacial score (nSPS) is 15.9. The van der Waals surface area contributed by atoms with Crippen molar-refractivity contribution < 1.29 is 9.53 Å². The van der Waals surface area contributed by atoms with Gasteiger partial charge in [-0.2, -0.15) is 5.10 Å². The first-order valence-corrected chi connectivity index (χ1v) is 9.54. The molecule has 1 amide bonds. The lowest BCUT2D eigenvalue weighted by Gasteiger charge is -2.13. The van der Waals surface area contributed by atoms with Crippen LogP contribution in [0.1, 0.15) is 28.8 Å². The Kier molecular flexibility index (Phi) is 5.66. The first-order valence-electron chi connectivity index (χ1n) is 9.54. The van der Waals surface area contributed by atoms with Crippen LogP contribution >= 0.6 is 0 Å². The molecule has 0 spiro atoms. The summed E-state index contributed by atoms with van der Waals surface area (Å²) in [6, 6.07) is 9.24. The van der Waals surface area contributed by atoms with E-state index in [2.05, 4.69) is 25.7 Å². The van der Waals surface area contributed by atoms with Gasteiger partial charge < -0.3 is 21.1 Å². The van der Waals surface area contributed by atoms with Crippen molar-refractivity contribution in [1.29, 1.82) is 0 Å². The van der Waals surface area contributed by atoms with Crippen LogP contribution in [0, 0.1) is 0 Å². The highest BCUT2D eigenvalue weighted by molar-refractivity contribution is 5.94. The Balaban J connectivity index is 1.39. The Bertz CT molecular complexity index is 969. The van der Waals surface area contributed by atoms with Crippen molar-refractivity contribution in [3.05, 3.63) is 60.2 Å². The second kappa shape index (κ2) is 8.70. The minimum Gasteiger partial charge on any atom is -0.393 e. The van der Waals surface area contributed by atoms with Crippen molar-refractivity contribution in [1.82, 2.24) is 25.1 Å². The van der Waals surface area contributed by atoms with E-state index in [0.717, 1.165) is 25.0 Å². The van der Waals surface area contributed by atoms with Crippen molar-refractivity contribution in [3.8, 4) is 5.82 Å². The van der Waals surface area contributed by atoms with Crippen molar-refractivity contribution in [2.45, 2.75) is 25.5 Å². The molecule has 1 saturated heterocycles. The Morgan fingerprint density at radius 3 is 3.03 bits per heavy atom. The second-order valence-electron chi connectivity index (χ2n) is 6.81. The maximum Gasteiger partial charge on any atom is 0.251 e. The lowest BCUT2D eigenvalue weighted by molar-refractivity contribution is 0.0857. The van der Waals surface area contributed by atoms with Crippen LogP contribution in [0.5, 0.6) is 0 Å². The summed E-state index contributed by atoms with van der Waals surface area (Å²) >= 11 is 0. The highest BCUT2D eigenvalue weighted by Gasteiger charge is 2.17. The number of carbonyl (C=O) groups excluding carboxylic acids is 1. The number of amides is 1. The van der Waals surface area contributed by atoms with Gasteiger partial charge in [-0.25, -0.2) is 14.6 Å². The van der Waals surface area contributed by atoms with E-state index in [9.17, 15) is 4.79 Å². The highest BCUT2D eigenvalue weighted by Crippen LogP contribution is 2.21. The summed E-state index contributed by atoms with van der Waals surface area (Å²) in [5, 5.41) is 10.3. The zero-order valence-electron chi connectivity index (χ0n) is 15.9. The summed E-state index contributed by atoms with van der Waals surface area (Å²) in [7, 11) is 0. The van der Waals surface area contributed by atoms with Crippen LogP contribution in [0.25, 0.3) is 5.82 Å². The van der Waals surface area contributed by atoms with E-state index in [-0.39, 0.29) is 12.0 Å². The molecule has 1 fully saturated rings. The topological polar surface area (TPSA) is 120 Å². The Hall–Kier alpha value is -3.46. The van der Waals surface area contributed by atoms with Gasteiger partial charge in [0.1, 0.15) is 12.0 Å². The summed E-state index contributed by atoms with van der Waals surface area (Å²) in [6.07, 6.45) is 7.02. The van der Waals surface area contributed by atoms with Crippen LogP contribution in [0.15, 0.2) is 49.1 Å². The number of hydrogen-bond donors (Lipinski definition) is 3. The van der Waals surface area contributed by atoms with Crippen molar-refractivity contribution in [3.63, 3.8) is 0 Å². The minimum atomic E-state index is -0.107. The maximum atomic E-state index is 12.4. The van der Waals surface area contributed by atoms with Gasteiger partial charge in [-0.05, 0) is 36.6 Å². The van der Waals surface area contributed by atoms with Crippen molar-refractivity contribution in [2.24, 2.45) is 0 Å². The number of nitrogens with one attached hydrogen (secondary N) is 2. The smallest absolute Gasteiger partial charge is 0.251 e. The molecule has 0 bridgehead atoms. The highest BCUT2D eigenvalue weighted by atomic mass is 16.5. The van der Waals surface area contributed by atoms with Gasteiger partial charge in [0.25, 0.3) is 5.91 Å². The fourth-order valence-corrected chi connectivity index (χ4v) is 3.23. The SMILES string of the molecule is Nc1c(NCc2cccc(C(=O)NCC3CCCO3)c2)ncnc1-n1cccn1. The van der Waals surface area contributed by atoms with Crippen LogP contribution in [0.3, 0.4) is 0 Å². The number of nitrogens with two attached hydrogens (primary N) is 1. The number of nitrogens with zero attached hydrogens (tertiary/aromatic N) is 4. The van der Waals surface area contributed by atoms with Gasteiger partial charge in [0, 0.05) is 37.7 Å². The fourth-order valence-electron chi connectivity index (χ4n) is 3.23. The molecule has 4 N–H and O–H groups in total. The molecule has 1 aromatic carbocycles. The van der Waals surface area contributed by atoms with E-state index in [4.69, 9.17) is 10.5 Å². The van der Waals surface area contributed by atoms with Crippen LogP contribution in [-0.4, -0.2) is 44.9 Å². The van der Waals surface area contributed by atoms with Gasteiger partial charge in [0.15, 0.2) is 11.6 Å². The molecule has 3 heterocycles. The number of anilines is 2. The molecule has 2 aromatic heterocycles. The van der Waals surface area contributed by atoms with Gasteiger partial charge in [0.2, 0.25) is 0 Å². The summed E-state index contributed by atoms with van der Waals surface area (Å²) < 4.78 is 7.13. The van der Waals surface area contributed by atoms with Crippen molar-refractivity contribution in [2.75, 3.05) is 24.2 Å². The summed E-state index contributed by atoms with van der Waals surface area (Å²) in [6.45, 7) is 1.78. The minimum absolute atomic E-state index is 0.107. The monoisotopic (exact) mass is 393 g/mol. The third-order valence-corrected chi connectivity index (χ3v) is 4.75. The van der Waals surface area contributed by atoms with E-state index in [1.165, 1.54) is 6.33 Å². The molecule has 0 saturated carbocycles. The number of aromatic nitrogens is 4. The molecule has 1 aliphatic heterocycles. The maximum absolute atomic E-state index is 12.4. The molecule has 150 valence electrons. The van der Waals surface area contributed by atoms with Gasteiger partial charge in [-0.15, -0.1) is 0 Å². The molecule has 1 atom stereocenters. The molecule has 1 unspecified atom stereocenters. The third-order valence-electron chi connectivity index (χ3n) is 4.75. The number of carbonyl (C=O) groups is 1. The third kappa shape index (κ3) is 4.52. The lowest BCUT2D eigenvalue weighted by atomic mass is 10.1. The number of hydrogen-bond acceptors (Lipinski definition) is 7. The van der Waals surface area contributed by atoms with Gasteiger partial charge in [0.05, 0.1) is 6.10 Å². The van der Waals surface area contributed by atoms with Crippen LogP contribution in [-0.2, 0) is 11.3 Å². The average Bonchev–Trinajstić information content (AvgIpc) is 3.46. The van der Waals surface area contributed by atoms with Gasteiger partial charge in [-0.3, -0.25) is 4.79 Å². The Morgan fingerprint density at radius 1 is 1.31 bits per heavy atom. The molecule has 1 aliphatic rings. The molecule has 4 rings (SSSR count). The van der Waals surface area contributed by atoms with E-state index in [1.54, 1.807) is 29.2 Å². The Labute approximate surface area is 168 Å². The Morgan fingerprint density at radius 2 is 2.24 bits per heavy atom. The van der Waals surface area contributed by atoms with E-state index in [0.29, 0.717) is 36.0 Å². The van der Waals surface area contributed by atoms with Crippen LogP contribution in [0.2, 0.25) is 0 Å². The van der Waals surface area contributed by atoms with Gasteiger partial charge in [-0.1, -0.05) is 12.1 Å². The quantitative estimate of drug-likeness (QED) is 0.559. The summed E-state index contributed by atoms with van der Waals surface area (Å²) in [4.78, 5) is 20.8. The molecular formula is C20H23N7O2. The van der Waals surface area contributed by atoms with Crippen molar-refractivity contribution >= 4 is 17.4 Å². The largest absolute Gasteiger partial charge is 0.393 e. The predicted molar refractivity (Wildman–Crippen MR) is 109 cm³/mol. The summed E-state index contributed by atoms with van der Waals surface area (Å²) in [5.41, 5.74) is 8.14. The van der Waals surface area contributed by atoms with Gasteiger partial charge >= 0.3 is 0 Å². The predicted octanol–water partition coefficient (Wildman–Crippen LogP) is 1.77. The van der Waals surface area contributed by atoms with E-state index in [1.807, 2.05) is 18.2 Å². The molecule has 9 heteroatoms. The zero-order chi connectivity index (χ0) is 20.1. The molecule has 0 radical (unpaired) electrons. The average molecular weight is 393 g/mol. The van der Waals surface area contributed by atoms with Crippen LogP contribution < -0.4 is 16.4 Å². The summed E-state index contributed by atoms with van der Waals surface area (Å²) in [5.74, 6) is 0.915. The second-order valence-corrected chi connectivity index (χ2v) is 6.81. The first-order chi connectivity index (χ1) is 14.2. The first kappa shape index (κ1) is 18.9. The number of benzene rings is 1. The molecule has 3 aromatic rings.